The summed E-state index contributed by atoms with van der Waals surface area (Å²) >= 11 is 0. The van der Waals surface area contributed by atoms with Crippen molar-refractivity contribution >= 4 is 17.8 Å². The van der Waals surface area contributed by atoms with Crippen molar-refractivity contribution in [2.24, 2.45) is 0 Å². The summed E-state index contributed by atoms with van der Waals surface area (Å²) in [6.45, 7) is 4.00. The number of nitrogens with zero attached hydrogens (tertiary/aromatic N) is 4. The van der Waals surface area contributed by atoms with E-state index in [9.17, 15) is 9.59 Å². The third-order valence-corrected chi connectivity index (χ3v) is 2.93. The van der Waals surface area contributed by atoms with Crippen LogP contribution < -0.4 is 10.6 Å². The van der Waals surface area contributed by atoms with Gasteiger partial charge in [-0.1, -0.05) is 13.8 Å². The fourth-order valence-electron chi connectivity index (χ4n) is 1.77. The van der Waals surface area contributed by atoms with Crippen LogP contribution in [-0.2, 0) is 4.79 Å². The quantitative estimate of drug-likeness (QED) is 0.739. The van der Waals surface area contributed by atoms with Gasteiger partial charge in [-0.15, -0.1) is 0 Å². The van der Waals surface area contributed by atoms with Crippen molar-refractivity contribution in [3.63, 3.8) is 0 Å². The molecule has 2 heterocycles. The van der Waals surface area contributed by atoms with Crippen molar-refractivity contribution in [2.75, 3.05) is 11.9 Å². The summed E-state index contributed by atoms with van der Waals surface area (Å²) in [6, 6.07) is 2.90. The molecule has 0 aliphatic rings. The number of aromatic nitrogens is 4. The number of rotatable bonds is 6. The average Bonchev–Trinajstić information content (AvgIpc) is 2.92. The van der Waals surface area contributed by atoms with E-state index in [1.807, 2.05) is 13.8 Å². The van der Waals surface area contributed by atoms with E-state index in [0.29, 0.717) is 11.8 Å². The lowest BCUT2D eigenvalue weighted by atomic mass is 10.1. The molecule has 3 N–H and O–H groups in total. The maximum absolute atomic E-state index is 11.9. The summed E-state index contributed by atoms with van der Waals surface area (Å²) in [7, 11) is 0. The van der Waals surface area contributed by atoms with Gasteiger partial charge in [-0.3, -0.25) is 10.1 Å². The molecule has 2 aromatic heterocycles. The number of urea groups is 1. The van der Waals surface area contributed by atoms with Crippen LogP contribution in [0.4, 0.5) is 10.6 Å². The molecule has 0 spiro atoms. The Morgan fingerprint density at radius 3 is 2.61 bits per heavy atom. The van der Waals surface area contributed by atoms with E-state index < -0.39 is 12.0 Å². The van der Waals surface area contributed by atoms with Crippen LogP contribution in [0, 0.1) is 0 Å². The van der Waals surface area contributed by atoms with Gasteiger partial charge in [0.1, 0.15) is 5.82 Å². The number of amides is 2. The molecule has 0 unspecified atom stereocenters. The second-order valence-electron chi connectivity index (χ2n) is 5.09. The summed E-state index contributed by atoms with van der Waals surface area (Å²) in [5, 5.41) is 18.1. The molecule has 0 saturated carbocycles. The zero-order chi connectivity index (χ0) is 16.8. The summed E-state index contributed by atoms with van der Waals surface area (Å²) in [6.07, 6.45) is 3.01. The Kier molecular flexibility index (Phi) is 5.23. The molecular formula is C14H18N6O3. The van der Waals surface area contributed by atoms with Crippen molar-refractivity contribution in [2.45, 2.75) is 26.2 Å². The number of carboxylic acid groups (broad SMARTS) is 1. The molecule has 23 heavy (non-hydrogen) atoms. The molecule has 2 rings (SSSR count). The Hall–Kier alpha value is -2.97. The lowest BCUT2D eigenvalue weighted by molar-refractivity contribution is -0.136. The highest BCUT2D eigenvalue weighted by atomic mass is 16.4. The molecule has 0 aliphatic heterocycles. The van der Waals surface area contributed by atoms with Gasteiger partial charge in [0.2, 0.25) is 0 Å². The first kappa shape index (κ1) is 16.4. The van der Waals surface area contributed by atoms with Crippen LogP contribution in [0.2, 0.25) is 0 Å². The molecule has 0 bridgehead atoms. The number of anilines is 1. The molecule has 0 fully saturated rings. The van der Waals surface area contributed by atoms with E-state index in [-0.39, 0.29) is 18.9 Å². The van der Waals surface area contributed by atoms with Gasteiger partial charge >= 0.3 is 12.0 Å². The number of hydrogen-bond donors (Lipinski definition) is 3. The van der Waals surface area contributed by atoms with Crippen LogP contribution in [-0.4, -0.2) is 43.4 Å². The molecule has 0 aliphatic carbocycles. The van der Waals surface area contributed by atoms with Crippen LogP contribution >= 0.6 is 0 Å². The molecule has 9 nitrogen and oxygen atoms in total. The van der Waals surface area contributed by atoms with Crippen molar-refractivity contribution in [1.82, 2.24) is 25.1 Å². The van der Waals surface area contributed by atoms with Crippen LogP contribution in [0.25, 0.3) is 5.95 Å². The Morgan fingerprint density at radius 1 is 1.30 bits per heavy atom. The van der Waals surface area contributed by atoms with E-state index in [1.165, 1.54) is 4.68 Å². The van der Waals surface area contributed by atoms with Crippen LogP contribution in [0.1, 0.15) is 31.9 Å². The third-order valence-electron chi connectivity index (χ3n) is 2.93. The molecule has 0 aromatic carbocycles. The summed E-state index contributed by atoms with van der Waals surface area (Å²) in [5.41, 5.74) is 0.776. The summed E-state index contributed by atoms with van der Waals surface area (Å²) in [5.74, 6) is -0.0707. The van der Waals surface area contributed by atoms with Crippen molar-refractivity contribution in [3.8, 4) is 5.95 Å². The first-order chi connectivity index (χ1) is 11.0. The highest BCUT2D eigenvalue weighted by Crippen LogP contribution is 2.20. The van der Waals surface area contributed by atoms with Gasteiger partial charge in [0.25, 0.3) is 5.95 Å². The Balaban J connectivity index is 2.17. The van der Waals surface area contributed by atoms with E-state index in [2.05, 4.69) is 25.7 Å². The smallest absolute Gasteiger partial charge is 0.320 e. The van der Waals surface area contributed by atoms with Gasteiger partial charge in [-0.05, 0) is 12.0 Å². The highest BCUT2D eigenvalue weighted by molar-refractivity contribution is 5.88. The molecule has 9 heteroatoms. The molecule has 2 aromatic rings. The van der Waals surface area contributed by atoms with Crippen LogP contribution in [0.15, 0.2) is 24.5 Å². The second-order valence-corrected chi connectivity index (χ2v) is 5.09. The van der Waals surface area contributed by atoms with E-state index >= 15 is 0 Å². The van der Waals surface area contributed by atoms with Crippen LogP contribution in [0.5, 0.6) is 0 Å². The third kappa shape index (κ3) is 4.50. The first-order valence-electron chi connectivity index (χ1n) is 7.11. The van der Waals surface area contributed by atoms with E-state index in [1.54, 1.807) is 24.5 Å². The standard InChI is InChI=1S/C14H18N6O3/c1-9(2)10-8-11(18-14(23)17-7-4-12(21)22)20(19-10)13-15-5-3-6-16-13/h3,5-6,8-9H,4,7H2,1-2H3,(H,21,22)(H2,17,18,23). The molecule has 0 atom stereocenters. The number of carbonyl (C=O) groups excluding carboxylic acids is 1. The minimum absolute atomic E-state index is 0.0359. The van der Waals surface area contributed by atoms with Gasteiger partial charge < -0.3 is 10.4 Å². The second kappa shape index (κ2) is 7.34. The number of aliphatic carboxylic acids is 1. The monoisotopic (exact) mass is 318 g/mol. The van der Waals surface area contributed by atoms with Gasteiger partial charge in [-0.25, -0.2) is 14.8 Å². The maximum Gasteiger partial charge on any atom is 0.320 e. The zero-order valence-corrected chi connectivity index (χ0v) is 12.9. The Labute approximate surface area is 132 Å². The van der Waals surface area contributed by atoms with Gasteiger partial charge in [0, 0.05) is 25.0 Å². The van der Waals surface area contributed by atoms with Crippen LogP contribution in [0.3, 0.4) is 0 Å². The molecular weight excluding hydrogens is 300 g/mol. The largest absolute Gasteiger partial charge is 0.481 e. The predicted molar refractivity (Wildman–Crippen MR) is 82.5 cm³/mol. The number of nitrogens with one attached hydrogen (secondary N) is 2. The minimum atomic E-state index is -0.977. The average molecular weight is 318 g/mol. The van der Waals surface area contributed by atoms with Gasteiger partial charge in [0.05, 0.1) is 12.1 Å². The fourth-order valence-corrected chi connectivity index (χ4v) is 1.77. The van der Waals surface area contributed by atoms with Crippen molar-refractivity contribution < 1.29 is 14.7 Å². The zero-order valence-electron chi connectivity index (χ0n) is 12.9. The Bertz CT molecular complexity index is 683. The SMILES string of the molecule is CC(C)c1cc(NC(=O)NCCC(=O)O)n(-c2ncccn2)n1. The van der Waals surface area contributed by atoms with Crippen molar-refractivity contribution in [1.29, 1.82) is 0 Å². The number of carboxylic acids is 1. The Morgan fingerprint density at radius 2 is 2.00 bits per heavy atom. The summed E-state index contributed by atoms with van der Waals surface area (Å²) in [4.78, 5) is 30.5. The van der Waals surface area contributed by atoms with E-state index in [4.69, 9.17) is 5.11 Å². The van der Waals surface area contributed by atoms with E-state index in [0.717, 1.165) is 5.69 Å². The molecule has 0 saturated heterocycles. The number of hydrogen-bond acceptors (Lipinski definition) is 5. The molecule has 2 amide bonds. The maximum atomic E-state index is 11.9. The lowest BCUT2D eigenvalue weighted by Crippen LogP contribution is -2.31. The van der Waals surface area contributed by atoms with Crippen molar-refractivity contribution in [3.05, 3.63) is 30.2 Å². The fraction of sp³-hybridized carbons (Fsp3) is 0.357. The first-order valence-corrected chi connectivity index (χ1v) is 7.11. The lowest BCUT2D eigenvalue weighted by Gasteiger charge is -2.08. The molecule has 122 valence electrons. The topological polar surface area (TPSA) is 122 Å². The normalized spacial score (nSPS) is 10.6. The summed E-state index contributed by atoms with van der Waals surface area (Å²) < 4.78 is 1.44. The van der Waals surface area contributed by atoms with Gasteiger partial charge in [-0.2, -0.15) is 9.78 Å². The van der Waals surface area contributed by atoms with Gasteiger partial charge in [0.15, 0.2) is 0 Å². The number of carbonyl (C=O) groups is 2. The highest BCUT2D eigenvalue weighted by Gasteiger charge is 2.15. The predicted octanol–water partition coefficient (Wildman–Crippen LogP) is 1.38. The minimum Gasteiger partial charge on any atom is -0.481 e. The molecule has 0 radical (unpaired) electrons.